The Bertz CT molecular complexity index is 4060. The lowest BCUT2D eigenvalue weighted by molar-refractivity contribution is 0.0649. The van der Waals surface area contributed by atoms with Crippen LogP contribution in [0.3, 0.4) is 0 Å². The Morgan fingerprint density at radius 2 is 0.620 bits per heavy atom. The molecule has 0 saturated carbocycles. The van der Waals surface area contributed by atoms with Gasteiger partial charge in [0.05, 0.1) is 31.8 Å². The summed E-state index contributed by atoms with van der Waals surface area (Å²) in [6.07, 6.45) is 20.3. The summed E-state index contributed by atoms with van der Waals surface area (Å²) in [6, 6.07) is 54.0. The molecule has 5 aromatic heterocycles. The fourth-order valence-corrected chi connectivity index (χ4v) is 15.8. The van der Waals surface area contributed by atoms with Gasteiger partial charge in [-0.3, -0.25) is 14.5 Å². The molecule has 8 heteroatoms. The summed E-state index contributed by atoms with van der Waals surface area (Å²) < 4.78 is 11.7. The summed E-state index contributed by atoms with van der Waals surface area (Å²) in [5, 5.41) is 5.06. The van der Waals surface area contributed by atoms with E-state index in [9.17, 15) is 9.59 Å². The molecule has 0 radical (unpaired) electrons. The van der Waals surface area contributed by atoms with Crippen LogP contribution in [0.1, 0.15) is 236 Å². The second-order valence-corrected chi connectivity index (χ2v) is 32.8. The van der Waals surface area contributed by atoms with E-state index in [4.69, 9.17) is 4.42 Å². The van der Waals surface area contributed by atoms with Crippen LogP contribution in [-0.4, -0.2) is 32.4 Å². The second kappa shape index (κ2) is 26.3. The normalized spacial score (nSPS) is 13.4. The van der Waals surface area contributed by atoms with Crippen LogP contribution >= 0.6 is 22.7 Å². The minimum Gasteiger partial charge on any atom is -0.453 e. The Labute approximate surface area is 556 Å². The molecular formula is C84H97N3O3S2. The predicted molar refractivity (Wildman–Crippen MR) is 395 cm³/mol. The molecule has 0 atom stereocenters. The maximum Gasteiger partial charge on any atom is 0.265 e. The highest BCUT2D eigenvalue weighted by Crippen LogP contribution is 2.49. The molecule has 478 valence electrons. The summed E-state index contributed by atoms with van der Waals surface area (Å²) in [4.78, 5) is 35.0. The zero-order valence-electron chi connectivity index (χ0n) is 57.3. The summed E-state index contributed by atoms with van der Waals surface area (Å²) in [7, 11) is 0. The van der Waals surface area contributed by atoms with Gasteiger partial charge in [0.2, 0.25) is 0 Å². The molecule has 6 nitrogen and oxygen atoms in total. The molecule has 2 amide bonds. The first-order valence-corrected chi connectivity index (χ1v) is 36.2. The van der Waals surface area contributed by atoms with Crippen LogP contribution in [0.2, 0.25) is 0 Å². The van der Waals surface area contributed by atoms with Crippen molar-refractivity contribution in [2.75, 3.05) is 6.54 Å². The molecular weight excluding hydrogens is 1160 g/mol. The van der Waals surface area contributed by atoms with E-state index in [0.29, 0.717) is 29.2 Å². The van der Waals surface area contributed by atoms with Crippen LogP contribution in [0.4, 0.5) is 0 Å². The number of hydrogen-bond acceptors (Lipinski definition) is 5. The first-order valence-electron chi connectivity index (χ1n) is 34.6. The van der Waals surface area contributed by atoms with Crippen molar-refractivity contribution in [1.29, 1.82) is 0 Å². The third kappa shape index (κ3) is 13.2. The molecule has 6 aromatic carbocycles. The summed E-state index contributed by atoms with van der Waals surface area (Å²) >= 11 is 3.20. The Morgan fingerprint density at radius 3 is 0.913 bits per heavy atom. The number of hydrogen-bond donors (Lipinski definition) is 0. The number of nitrogens with zero attached hydrogens (tertiary/aromatic N) is 3. The van der Waals surface area contributed by atoms with Gasteiger partial charge in [-0.05, 0) is 159 Å². The van der Waals surface area contributed by atoms with Crippen LogP contribution in [0.15, 0.2) is 150 Å². The lowest BCUT2D eigenvalue weighted by Crippen LogP contribution is -2.31. The highest BCUT2D eigenvalue weighted by atomic mass is 32.1. The van der Waals surface area contributed by atoms with E-state index in [1.54, 1.807) is 22.7 Å². The molecule has 1 aliphatic heterocycles. The Kier molecular flexibility index (Phi) is 18.5. The number of imide groups is 1. The molecule has 11 aromatic rings. The van der Waals surface area contributed by atoms with E-state index in [0.717, 1.165) is 61.3 Å². The molecule has 0 unspecified atom stereocenters. The van der Waals surface area contributed by atoms with Gasteiger partial charge in [-0.2, -0.15) is 0 Å². The van der Waals surface area contributed by atoms with E-state index in [1.165, 1.54) is 154 Å². The van der Waals surface area contributed by atoms with Gasteiger partial charge in [-0.1, -0.05) is 235 Å². The second-order valence-electron chi connectivity index (χ2n) is 30.6. The van der Waals surface area contributed by atoms with Gasteiger partial charge in [0.25, 0.3) is 11.8 Å². The molecule has 6 heterocycles. The largest absolute Gasteiger partial charge is 0.453 e. The topological polar surface area (TPSA) is 60.4 Å². The van der Waals surface area contributed by atoms with Crippen LogP contribution in [0.25, 0.3) is 97.1 Å². The van der Waals surface area contributed by atoms with Crippen molar-refractivity contribution in [3.05, 3.63) is 179 Å². The number of rotatable bonds is 23. The third-order valence-corrected chi connectivity index (χ3v) is 21.8. The van der Waals surface area contributed by atoms with Gasteiger partial charge in [0.15, 0.2) is 11.5 Å². The monoisotopic (exact) mass is 1260 g/mol. The predicted octanol–water partition coefficient (Wildman–Crippen LogP) is 25.3. The average molecular weight is 1260 g/mol. The number of unbranched alkanes of at least 4 members (excludes halogenated alkanes) is 15. The summed E-state index contributed by atoms with van der Waals surface area (Å²) in [5.74, 6) is 0.430. The summed E-state index contributed by atoms with van der Waals surface area (Å²) in [5.41, 5.74) is 15.2. The Hall–Kier alpha value is -7.26. The van der Waals surface area contributed by atoms with Crippen molar-refractivity contribution in [2.45, 2.75) is 214 Å². The molecule has 0 bridgehead atoms. The van der Waals surface area contributed by atoms with Gasteiger partial charge < -0.3 is 13.6 Å². The third-order valence-electron chi connectivity index (χ3n) is 19.5. The zero-order chi connectivity index (χ0) is 64.9. The molecule has 12 rings (SSSR count). The standard InChI is InChI=1S/C84H97N3O3S2/c1-14-15-16-17-18-19-20-21-22-23-24-25-26-27-28-29-50-85-79(88)75-76(80(85)89)78(74-49-47-72(92-74)56-32-40-62(41-33-56)87-69-44-36-59(83(8,9)10)53-65(69)66-54-60(84(11,12)13)37-45-70(66)87)90-77(75)73-48-46-71(91-73)55-30-38-61(39-31-55)86-67-42-34-57(81(2,3)4)51-63(67)64-52-58(82(5,6)7)35-43-68(64)86/h30-49,51-54H,14-29,50H2,1-13H3. The molecule has 0 fully saturated rings. The number of carbonyl (C=O) groups excluding carboxylic acids is 2. The average Bonchev–Trinajstić information content (AvgIpc) is 1.59. The fraction of sp³-hybridized carbons (Fsp3) is 0.405. The van der Waals surface area contributed by atoms with E-state index in [-0.39, 0.29) is 33.5 Å². The summed E-state index contributed by atoms with van der Waals surface area (Å²) in [6.45, 7) is 30.1. The number of fused-ring (bicyclic) bond motifs is 7. The lowest BCUT2D eigenvalue weighted by Gasteiger charge is -2.19. The minimum absolute atomic E-state index is 0.0181. The first-order chi connectivity index (χ1) is 44.0. The Balaban J connectivity index is 0.814. The number of aromatic nitrogens is 2. The lowest BCUT2D eigenvalue weighted by atomic mass is 9.85. The number of benzene rings is 6. The van der Waals surface area contributed by atoms with Crippen molar-refractivity contribution in [3.63, 3.8) is 0 Å². The van der Waals surface area contributed by atoms with Crippen molar-refractivity contribution < 1.29 is 14.0 Å². The van der Waals surface area contributed by atoms with Crippen LogP contribution in [0.5, 0.6) is 0 Å². The fourth-order valence-electron chi connectivity index (χ4n) is 13.8. The Morgan fingerprint density at radius 1 is 0.337 bits per heavy atom. The van der Waals surface area contributed by atoms with Gasteiger partial charge in [-0.25, -0.2) is 0 Å². The van der Waals surface area contributed by atoms with Crippen molar-refractivity contribution in [1.82, 2.24) is 14.0 Å². The van der Waals surface area contributed by atoms with Crippen molar-refractivity contribution >= 4 is 78.1 Å². The van der Waals surface area contributed by atoms with E-state index in [1.807, 2.05) is 0 Å². The van der Waals surface area contributed by atoms with Crippen LogP contribution in [0, 0.1) is 0 Å². The molecule has 0 spiro atoms. The molecule has 0 N–H and O–H groups in total. The zero-order valence-corrected chi connectivity index (χ0v) is 58.9. The molecule has 0 aliphatic carbocycles. The van der Waals surface area contributed by atoms with Gasteiger partial charge >= 0.3 is 0 Å². The number of furan rings is 1. The van der Waals surface area contributed by atoms with Gasteiger partial charge in [0, 0.05) is 49.2 Å². The maximum absolute atomic E-state index is 14.9. The van der Waals surface area contributed by atoms with E-state index in [2.05, 4.69) is 245 Å². The minimum atomic E-state index is -0.257. The smallest absolute Gasteiger partial charge is 0.265 e. The number of amides is 2. The quantitative estimate of drug-likeness (QED) is 0.0474. The molecule has 0 saturated heterocycles. The van der Waals surface area contributed by atoms with Gasteiger partial charge in [0.1, 0.15) is 11.1 Å². The number of thiophene rings is 2. The number of carbonyl (C=O) groups is 2. The van der Waals surface area contributed by atoms with Crippen LogP contribution in [-0.2, 0) is 21.7 Å². The molecule has 1 aliphatic rings. The maximum atomic E-state index is 14.9. The van der Waals surface area contributed by atoms with Gasteiger partial charge in [-0.15, -0.1) is 22.7 Å². The van der Waals surface area contributed by atoms with E-state index >= 15 is 0 Å². The first kappa shape index (κ1) is 64.8. The van der Waals surface area contributed by atoms with E-state index < -0.39 is 0 Å². The van der Waals surface area contributed by atoms with Crippen LogP contribution < -0.4 is 0 Å². The van der Waals surface area contributed by atoms with Crippen molar-refractivity contribution in [3.8, 4) is 53.5 Å². The highest BCUT2D eigenvalue weighted by Gasteiger charge is 2.44. The SMILES string of the molecule is CCCCCCCCCCCCCCCCCCN1C(=O)c2c(-c3ccc(-c4ccc(-n5c6ccc(C(C)(C)C)cc6c6cc(C(C)(C)C)ccc65)cc4)s3)oc(-c3ccc(-c4ccc(-n5c6ccc(C(C)(C)C)cc6c6cc(C(C)(C)C)ccc65)cc4)s3)c2C1=O. The van der Waals surface area contributed by atoms with Crippen molar-refractivity contribution in [2.24, 2.45) is 0 Å². The highest BCUT2D eigenvalue weighted by molar-refractivity contribution is 7.19. The molecule has 92 heavy (non-hydrogen) atoms.